The highest BCUT2D eigenvalue weighted by Gasteiger charge is 2.08. The lowest BCUT2D eigenvalue weighted by Gasteiger charge is -2.17. The molecular weight excluding hydrogens is 310 g/mol. The number of nitrogens with two attached hydrogens (primary N) is 1. The number of anilines is 1. The van der Waals surface area contributed by atoms with Gasteiger partial charge in [-0.3, -0.25) is 4.90 Å². The maximum atomic E-state index is 6.01. The number of hydrogen-bond donors (Lipinski definition) is 1. The molecule has 1 aromatic heterocycles. The van der Waals surface area contributed by atoms with E-state index in [1.807, 2.05) is 24.6 Å². The van der Waals surface area contributed by atoms with Crippen LogP contribution in [0.15, 0.2) is 28.2 Å². The van der Waals surface area contributed by atoms with Crippen molar-refractivity contribution in [1.82, 2.24) is 9.88 Å². The molecule has 0 unspecified atom stereocenters. The first-order valence-corrected chi connectivity index (χ1v) is 7.35. The minimum absolute atomic E-state index is 0.831. The number of benzene rings is 1. The third-order valence-electron chi connectivity index (χ3n) is 2.81. The number of halogens is 1. The molecule has 0 spiro atoms. The first-order valence-electron chi connectivity index (χ1n) is 5.67. The van der Waals surface area contributed by atoms with E-state index in [1.54, 1.807) is 11.3 Å². The summed E-state index contributed by atoms with van der Waals surface area (Å²) in [7, 11) is 2.10. The number of nitrogens with zero attached hydrogens (tertiary/aromatic N) is 2. The van der Waals surface area contributed by atoms with E-state index in [-0.39, 0.29) is 0 Å². The Balaban J connectivity index is 2.03. The van der Waals surface area contributed by atoms with Crippen LogP contribution in [-0.2, 0) is 13.1 Å². The van der Waals surface area contributed by atoms with Gasteiger partial charge in [-0.15, -0.1) is 11.3 Å². The van der Waals surface area contributed by atoms with Gasteiger partial charge in [0, 0.05) is 28.1 Å². The van der Waals surface area contributed by atoms with Gasteiger partial charge in [-0.1, -0.05) is 22.0 Å². The molecule has 18 heavy (non-hydrogen) atoms. The van der Waals surface area contributed by atoms with Crippen LogP contribution in [0.1, 0.15) is 16.1 Å². The van der Waals surface area contributed by atoms with Gasteiger partial charge >= 0.3 is 0 Å². The van der Waals surface area contributed by atoms with Crippen molar-refractivity contribution in [1.29, 1.82) is 0 Å². The molecule has 0 aliphatic rings. The summed E-state index contributed by atoms with van der Waals surface area (Å²) in [5.74, 6) is 0. The lowest BCUT2D eigenvalue weighted by atomic mass is 10.1. The van der Waals surface area contributed by atoms with Gasteiger partial charge in [-0.25, -0.2) is 4.98 Å². The van der Waals surface area contributed by atoms with Crippen molar-refractivity contribution < 1.29 is 0 Å². The van der Waals surface area contributed by atoms with Crippen LogP contribution in [0.25, 0.3) is 0 Å². The summed E-state index contributed by atoms with van der Waals surface area (Å²) in [5.41, 5.74) is 11.0. The van der Waals surface area contributed by atoms with E-state index in [0.717, 1.165) is 34.5 Å². The van der Waals surface area contributed by atoms with Gasteiger partial charge in [0.1, 0.15) is 0 Å². The second-order valence-corrected chi connectivity index (χ2v) is 6.23. The third kappa shape index (κ3) is 3.31. The highest BCUT2D eigenvalue weighted by atomic mass is 79.9. The summed E-state index contributed by atoms with van der Waals surface area (Å²) in [6.45, 7) is 3.80. The maximum absolute atomic E-state index is 6.01. The van der Waals surface area contributed by atoms with E-state index >= 15 is 0 Å². The Morgan fingerprint density at radius 2 is 2.17 bits per heavy atom. The molecule has 0 saturated carbocycles. The lowest BCUT2D eigenvalue weighted by Crippen LogP contribution is -2.18. The summed E-state index contributed by atoms with van der Waals surface area (Å²) < 4.78 is 1.02. The number of aromatic nitrogens is 1. The number of nitrogen functional groups attached to an aromatic ring is 1. The largest absolute Gasteiger partial charge is 0.398 e. The van der Waals surface area contributed by atoms with Gasteiger partial charge in [-0.2, -0.15) is 0 Å². The molecule has 0 bridgehead atoms. The minimum Gasteiger partial charge on any atom is -0.398 e. The number of thiazole rings is 1. The molecule has 0 saturated heterocycles. The highest BCUT2D eigenvalue weighted by molar-refractivity contribution is 9.10. The molecule has 3 nitrogen and oxygen atoms in total. The molecule has 0 atom stereocenters. The Labute approximate surface area is 120 Å². The fourth-order valence-electron chi connectivity index (χ4n) is 1.78. The van der Waals surface area contributed by atoms with Crippen molar-refractivity contribution in [3.8, 4) is 0 Å². The number of hydrogen-bond acceptors (Lipinski definition) is 4. The quantitative estimate of drug-likeness (QED) is 0.876. The van der Waals surface area contributed by atoms with Gasteiger partial charge in [-0.05, 0) is 31.7 Å². The smallest absolute Gasteiger partial charge is 0.0798 e. The van der Waals surface area contributed by atoms with Crippen molar-refractivity contribution in [2.75, 3.05) is 12.8 Å². The molecule has 5 heteroatoms. The molecule has 0 aliphatic carbocycles. The molecule has 0 fully saturated rings. The fraction of sp³-hybridized carbons (Fsp3) is 0.308. The fourth-order valence-corrected chi connectivity index (χ4v) is 3.01. The molecule has 1 aromatic carbocycles. The maximum Gasteiger partial charge on any atom is 0.0798 e. The lowest BCUT2D eigenvalue weighted by molar-refractivity contribution is 0.321. The molecular formula is C13H16BrN3S. The average molecular weight is 326 g/mol. The van der Waals surface area contributed by atoms with Gasteiger partial charge in [0.25, 0.3) is 0 Å². The molecule has 96 valence electrons. The van der Waals surface area contributed by atoms with E-state index in [1.165, 1.54) is 4.88 Å². The summed E-state index contributed by atoms with van der Waals surface area (Å²) in [6.07, 6.45) is 0. The zero-order valence-corrected chi connectivity index (χ0v) is 12.9. The normalized spacial score (nSPS) is 11.1. The average Bonchev–Trinajstić information content (AvgIpc) is 2.69. The predicted molar refractivity (Wildman–Crippen MR) is 80.6 cm³/mol. The zero-order valence-electron chi connectivity index (χ0n) is 10.5. The Morgan fingerprint density at radius 1 is 1.39 bits per heavy atom. The van der Waals surface area contributed by atoms with Gasteiger partial charge in [0.15, 0.2) is 0 Å². The standard InChI is InChI=1S/C13H16BrN3S/c1-9-13(18-8-16-9)7-17(2)6-10-3-4-11(14)5-12(10)15/h3-5,8H,6-7,15H2,1-2H3. The SMILES string of the molecule is Cc1ncsc1CN(C)Cc1ccc(Br)cc1N. The second-order valence-electron chi connectivity index (χ2n) is 4.38. The number of aryl methyl sites for hydroxylation is 1. The molecule has 0 aliphatic heterocycles. The van der Waals surface area contributed by atoms with Gasteiger partial charge < -0.3 is 5.73 Å². The highest BCUT2D eigenvalue weighted by Crippen LogP contribution is 2.21. The Hall–Kier alpha value is -0.910. The van der Waals surface area contributed by atoms with Crippen LogP contribution in [0.3, 0.4) is 0 Å². The van der Waals surface area contributed by atoms with Crippen molar-refractivity contribution in [2.45, 2.75) is 20.0 Å². The third-order valence-corrected chi connectivity index (χ3v) is 4.22. The van der Waals surface area contributed by atoms with E-state index in [9.17, 15) is 0 Å². The molecule has 1 heterocycles. The Morgan fingerprint density at radius 3 is 2.78 bits per heavy atom. The molecule has 2 aromatic rings. The van der Waals surface area contributed by atoms with Gasteiger partial charge in [0.2, 0.25) is 0 Å². The van der Waals surface area contributed by atoms with Crippen molar-refractivity contribution in [3.05, 3.63) is 44.3 Å². The van der Waals surface area contributed by atoms with Crippen LogP contribution in [-0.4, -0.2) is 16.9 Å². The van der Waals surface area contributed by atoms with Crippen LogP contribution < -0.4 is 5.73 Å². The number of rotatable bonds is 4. The first-order chi connectivity index (χ1) is 8.56. The summed E-state index contributed by atoms with van der Waals surface area (Å²) in [6, 6.07) is 6.04. The van der Waals surface area contributed by atoms with Crippen molar-refractivity contribution >= 4 is 33.0 Å². The monoisotopic (exact) mass is 325 g/mol. The van der Waals surface area contributed by atoms with Crippen LogP contribution in [0.5, 0.6) is 0 Å². The molecule has 2 N–H and O–H groups in total. The predicted octanol–water partition coefficient (Wildman–Crippen LogP) is 3.43. The van der Waals surface area contributed by atoms with Crippen LogP contribution >= 0.6 is 27.3 Å². The molecule has 0 amide bonds. The van der Waals surface area contributed by atoms with Crippen LogP contribution in [0.2, 0.25) is 0 Å². The zero-order chi connectivity index (χ0) is 13.1. The second kappa shape index (κ2) is 5.82. The minimum atomic E-state index is 0.831. The van der Waals surface area contributed by atoms with E-state index in [2.05, 4.69) is 38.9 Å². The van der Waals surface area contributed by atoms with Crippen LogP contribution in [0, 0.1) is 6.92 Å². The van der Waals surface area contributed by atoms with Crippen molar-refractivity contribution in [3.63, 3.8) is 0 Å². The van der Waals surface area contributed by atoms with Crippen LogP contribution in [0.4, 0.5) is 5.69 Å². The summed E-state index contributed by atoms with van der Waals surface area (Å²) in [5, 5.41) is 0. The van der Waals surface area contributed by atoms with E-state index in [0.29, 0.717) is 0 Å². The van der Waals surface area contributed by atoms with Crippen molar-refractivity contribution in [2.24, 2.45) is 0 Å². The molecule has 2 rings (SSSR count). The Bertz CT molecular complexity index is 539. The van der Waals surface area contributed by atoms with E-state index < -0.39 is 0 Å². The van der Waals surface area contributed by atoms with Gasteiger partial charge in [0.05, 0.1) is 11.2 Å². The first kappa shape index (κ1) is 13.5. The summed E-state index contributed by atoms with van der Waals surface area (Å²) >= 11 is 5.12. The van der Waals surface area contributed by atoms with E-state index in [4.69, 9.17) is 5.73 Å². The Kier molecular flexibility index (Phi) is 4.37. The molecule has 0 radical (unpaired) electrons. The summed E-state index contributed by atoms with van der Waals surface area (Å²) in [4.78, 5) is 7.83. The topological polar surface area (TPSA) is 42.2 Å².